The number of fused-ring (bicyclic) bond motifs is 3. The molecule has 3 aromatic heterocycles. The smallest absolute Gasteiger partial charge is 0.271 e. The van der Waals surface area contributed by atoms with E-state index in [0.717, 1.165) is 21.3 Å². The van der Waals surface area contributed by atoms with Crippen molar-refractivity contribution in [3.63, 3.8) is 0 Å². The van der Waals surface area contributed by atoms with E-state index in [1.165, 1.54) is 11.3 Å². The second kappa shape index (κ2) is 4.79. The van der Waals surface area contributed by atoms with Gasteiger partial charge in [0, 0.05) is 11.6 Å². The minimum Gasteiger partial charge on any atom is -0.294 e. The lowest BCUT2D eigenvalue weighted by Crippen LogP contribution is -2.20. The summed E-state index contributed by atoms with van der Waals surface area (Å²) in [5, 5.41) is 0.946. The number of pyridine rings is 1. The lowest BCUT2D eigenvalue weighted by Gasteiger charge is -2.04. The summed E-state index contributed by atoms with van der Waals surface area (Å²) in [6.07, 6.45) is 3.36. The molecule has 0 aliphatic heterocycles. The van der Waals surface area contributed by atoms with Gasteiger partial charge >= 0.3 is 0 Å². The van der Waals surface area contributed by atoms with Gasteiger partial charge in [0.15, 0.2) is 0 Å². The monoisotopic (exact) mass is 293 g/mol. The van der Waals surface area contributed by atoms with Crippen LogP contribution in [0.25, 0.3) is 20.4 Å². The topological polar surface area (TPSA) is 47.8 Å². The number of hydrogen-bond acceptors (Lipinski definition) is 4. The van der Waals surface area contributed by atoms with Crippen LogP contribution < -0.4 is 5.56 Å². The molecule has 0 amide bonds. The normalized spacial score (nSPS) is 11.2. The maximum Gasteiger partial charge on any atom is 0.271 e. The van der Waals surface area contributed by atoms with Gasteiger partial charge in [-0.3, -0.25) is 9.36 Å². The molecule has 0 N–H and O–H groups in total. The van der Waals surface area contributed by atoms with Gasteiger partial charge in [-0.15, -0.1) is 11.3 Å². The fourth-order valence-corrected chi connectivity index (χ4v) is 3.44. The molecule has 0 unspecified atom stereocenters. The molecule has 3 heterocycles. The molecule has 0 aliphatic rings. The highest BCUT2D eigenvalue weighted by molar-refractivity contribution is 7.25. The predicted molar refractivity (Wildman–Crippen MR) is 84.7 cm³/mol. The highest BCUT2D eigenvalue weighted by atomic mass is 32.1. The van der Waals surface area contributed by atoms with Crippen molar-refractivity contribution in [3.8, 4) is 0 Å². The average molecular weight is 293 g/mol. The van der Waals surface area contributed by atoms with Crippen LogP contribution in [0.5, 0.6) is 0 Å². The lowest BCUT2D eigenvalue weighted by molar-refractivity contribution is 0.750. The Hall–Kier alpha value is -2.53. The van der Waals surface area contributed by atoms with Crippen LogP contribution >= 0.6 is 11.3 Å². The van der Waals surface area contributed by atoms with Gasteiger partial charge in [-0.05, 0) is 17.7 Å². The molecular formula is C16H11N3OS. The Kier molecular flexibility index (Phi) is 2.79. The maximum absolute atomic E-state index is 12.6. The van der Waals surface area contributed by atoms with Crippen LogP contribution in [-0.2, 0) is 6.54 Å². The average Bonchev–Trinajstić information content (AvgIpc) is 2.91. The van der Waals surface area contributed by atoms with Crippen LogP contribution in [0, 0.1) is 0 Å². The summed E-state index contributed by atoms with van der Waals surface area (Å²) in [7, 11) is 0. The maximum atomic E-state index is 12.6. The van der Waals surface area contributed by atoms with Gasteiger partial charge in [-0.1, -0.05) is 30.3 Å². The molecule has 0 aliphatic carbocycles. The first-order valence-electron chi connectivity index (χ1n) is 6.59. The number of thiophene rings is 1. The van der Waals surface area contributed by atoms with E-state index in [9.17, 15) is 4.79 Å². The summed E-state index contributed by atoms with van der Waals surface area (Å²) < 4.78 is 2.31. The van der Waals surface area contributed by atoms with Gasteiger partial charge in [-0.2, -0.15) is 0 Å². The minimum atomic E-state index is -0.00754. The van der Waals surface area contributed by atoms with E-state index in [4.69, 9.17) is 0 Å². The van der Waals surface area contributed by atoms with Crippen LogP contribution in [0.15, 0.2) is 59.8 Å². The summed E-state index contributed by atoms with van der Waals surface area (Å²) in [5.74, 6) is 0. The molecule has 0 bridgehead atoms. The van der Waals surface area contributed by atoms with Gasteiger partial charge in [0.25, 0.3) is 5.56 Å². The standard InChI is InChI=1S/C16H11N3OS/c20-16-14-13(12-7-4-8-17-15(12)21-14)18-10-19(16)9-11-5-2-1-3-6-11/h1-8,10H,9H2. The van der Waals surface area contributed by atoms with E-state index in [1.807, 2.05) is 42.5 Å². The second-order valence-corrected chi connectivity index (χ2v) is 5.80. The largest absolute Gasteiger partial charge is 0.294 e. The molecule has 0 saturated carbocycles. The molecule has 102 valence electrons. The SMILES string of the molecule is O=c1c2sc3ncccc3c2ncn1Cc1ccccc1. The van der Waals surface area contributed by atoms with Gasteiger partial charge in [0.05, 0.1) is 18.4 Å². The van der Waals surface area contributed by atoms with Crippen molar-refractivity contribution in [2.75, 3.05) is 0 Å². The summed E-state index contributed by atoms with van der Waals surface area (Å²) in [5.41, 5.74) is 1.82. The Labute approximate surface area is 124 Å². The number of nitrogens with zero attached hydrogens (tertiary/aromatic N) is 3. The van der Waals surface area contributed by atoms with E-state index < -0.39 is 0 Å². The number of rotatable bonds is 2. The molecule has 4 rings (SSSR count). The second-order valence-electron chi connectivity index (χ2n) is 4.80. The highest BCUT2D eigenvalue weighted by Crippen LogP contribution is 2.27. The molecule has 0 saturated heterocycles. The number of aromatic nitrogens is 3. The van der Waals surface area contributed by atoms with Gasteiger partial charge in [-0.25, -0.2) is 9.97 Å². The summed E-state index contributed by atoms with van der Waals surface area (Å²) >= 11 is 1.41. The third-order valence-corrected chi connectivity index (χ3v) is 4.51. The van der Waals surface area contributed by atoms with Crippen molar-refractivity contribution in [2.45, 2.75) is 6.54 Å². The van der Waals surface area contributed by atoms with Crippen molar-refractivity contribution in [2.24, 2.45) is 0 Å². The van der Waals surface area contributed by atoms with E-state index in [-0.39, 0.29) is 5.56 Å². The minimum absolute atomic E-state index is 0.00754. The van der Waals surface area contributed by atoms with Crippen LogP contribution in [0.2, 0.25) is 0 Å². The van der Waals surface area contributed by atoms with Crippen molar-refractivity contribution < 1.29 is 0 Å². The fraction of sp³-hybridized carbons (Fsp3) is 0.0625. The summed E-state index contributed by atoms with van der Waals surface area (Å²) in [4.78, 5) is 22.2. The van der Waals surface area contributed by atoms with Crippen molar-refractivity contribution in [1.82, 2.24) is 14.5 Å². The van der Waals surface area contributed by atoms with Crippen LogP contribution in [0.3, 0.4) is 0 Å². The van der Waals surface area contributed by atoms with Crippen molar-refractivity contribution in [1.29, 1.82) is 0 Å². The molecule has 0 atom stereocenters. The van der Waals surface area contributed by atoms with E-state index >= 15 is 0 Å². The molecule has 4 aromatic rings. The molecular weight excluding hydrogens is 282 g/mol. The third kappa shape index (κ3) is 2.02. The van der Waals surface area contributed by atoms with Gasteiger partial charge in [0.1, 0.15) is 9.53 Å². The van der Waals surface area contributed by atoms with Gasteiger partial charge < -0.3 is 0 Å². The van der Waals surface area contributed by atoms with Crippen LogP contribution in [0.1, 0.15) is 5.56 Å². The Morgan fingerprint density at radius 2 is 1.90 bits per heavy atom. The fourth-order valence-electron chi connectivity index (χ4n) is 2.40. The van der Waals surface area contributed by atoms with E-state index in [0.29, 0.717) is 11.2 Å². The van der Waals surface area contributed by atoms with E-state index in [2.05, 4.69) is 9.97 Å². The molecule has 0 fully saturated rings. The zero-order chi connectivity index (χ0) is 14.2. The number of hydrogen-bond donors (Lipinski definition) is 0. The molecule has 1 aromatic carbocycles. The molecule has 5 heteroatoms. The van der Waals surface area contributed by atoms with Crippen molar-refractivity contribution >= 4 is 31.8 Å². The zero-order valence-electron chi connectivity index (χ0n) is 11.1. The van der Waals surface area contributed by atoms with Crippen molar-refractivity contribution in [3.05, 3.63) is 70.9 Å². The third-order valence-electron chi connectivity index (χ3n) is 3.42. The van der Waals surface area contributed by atoms with Gasteiger partial charge in [0.2, 0.25) is 0 Å². The first kappa shape index (κ1) is 12.2. The zero-order valence-corrected chi connectivity index (χ0v) is 11.9. The first-order valence-corrected chi connectivity index (χ1v) is 7.41. The highest BCUT2D eigenvalue weighted by Gasteiger charge is 2.11. The van der Waals surface area contributed by atoms with Crippen LogP contribution in [-0.4, -0.2) is 14.5 Å². The van der Waals surface area contributed by atoms with E-state index in [1.54, 1.807) is 17.1 Å². The lowest BCUT2D eigenvalue weighted by atomic mass is 10.2. The first-order chi connectivity index (χ1) is 10.3. The van der Waals surface area contributed by atoms with Crippen LogP contribution in [0.4, 0.5) is 0 Å². The Morgan fingerprint density at radius 3 is 2.76 bits per heavy atom. The molecule has 0 radical (unpaired) electrons. The molecule has 21 heavy (non-hydrogen) atoms. The Morgan fingerprint density at radius 1 is 1.05 bits per heavy atom. The molecule has 4 nitrogen and oxygen atoms in total. The quantitative estimate of drug-likeness (QED) is 0.570. The summed E-state index contributed by atoms with van der Waals surface area (Å²) in [6, 6.07) is 13.7. The summed E-state index contributed by atoms with van der Waals surface area (Å²) in [6.45, 7) is 0.532. The Bertz CT molecular complexity index is 989. The Balaban J connectivity index is 1.90. The molecule has 0 spiro atoms. The number of benzene rings is 1. The predicted octanol–water partition coefficient (Wildman–Crippen LogP) is 3.05.